The molecule has 0 radical (unpaired) electrons. The number of halogens is 1. The van der Waals surface area contributed by atoms with Gasteiger partial charge in [-0.1, -0.05) is 52.3 Å². The normalized spacial score (nSPS) is 18.1. The van der Waals surface area contributed by atoms with E-state index in [-0.39, 0.29) is 11.4 Å². The van der Waals surface area contributed by atoms with Gasteiger partial charge in [-0.15, -0.1) is 0 Å². The van der Waals surface area contributed by atoms with Gasteiger partial charge in [-0.05, 0) is 74.3 Å². The Balaban J connectivity index is 1.22. The number of benzene rings is 2. The van der Waals surface area contributed by atoms with Crippen LogP contribution in [0.2, 0.25) is 0 Å². The fraction of sp³-hybridized carbons (Fsp3) is 0.400. The topological polar surface area (TPSA) is 57.7 Å². The van der Waals surface area contributed by atoms with Crippen LogP contribution in [0.3, 0.4) is 0 Å². The zero-order valence-corrected chi connectivity index (χ0v) is 23.3. The van der Waals surface area contributed by atoms with Gasteiger partial charge in [0, 0.05) is 47.8 Å². The van der Waals surface area contributed by atoms with Crippen molar-refractivity contribution < 1.29 is 9.63 Å². The molecular weight excluding hydrogens is 528 g/mol. The van der Waals surface area contributed by atoms with E-state index in [0.717, 1.165) is 78.4 Å². The summed E-state index contributed by atoms with van der Waals surface area (Å²) in [5.41, 5.74) is 7.52. The van der Waals surface area contributed by atoms with Crippen LogP contribution in [0.1, 0.15) is 55.6 Å². The Morgan fingerprint density at radius 2 is 1.70 bits per heavy atom. The SMILES string of the molecule is CCONC(=C1CCN(C2(C)CCN(C(=O)c3cc4ccccc4cn3)CC2)CC1)c1ccc(Br)cc1. The highest BCUT2D eigenvalue weighted by Crippen LogP contribution is 2.34. The van der Waals surface area contributed by atoms with E-state index in [1.807, 2.05) is 42.2 Å². The molecule has 2 aliphatic rings. The van der Waals surface area contributed by atoms with Crippen LogP contribution in [-0.4, -0.2) is 59.0 Å². The van der Waals surface area contributed by atoms with E-state index < -0.39 is 0 Å². The van der Waals surface area contributed by atoms with Crippen molar-refractivity contribution in [3.8, 4) is 0 Å². The molecule has 3 aromatic rings. The number of hydrogen-bond acceptors (Lipinski definition) is 5. The first-order valence-corrected chi connectivity index (χ1v) is 14.0. The third-order valence-electron chi connectivity index (χ3n) is 7.91. The van der Waals surface area contributed by atoms with E-state index in [2.05, 4.69) is 62.5 Å². The lowest BCUT2D eigenvalue weighted by Crippen LogP contribution is -2.56. The summed E-state index contributed by atoms with van der Waals surface area (Å²) in [5.74, 6) is 0.0396. The molecule has 7 heteroatoms. The van der Waals surface area contributed by atoms with Gasteiger partial charge < -0.3 is 4.90 Å². The molecular formula is C30H35BrN4O2. The number of piperidine rings is 2. The number of aromatic nitrogens is 1. The monoisotopic (exact) mass is 562 g/mol. The molecule has 0 saturated carbocycles. The lowest BCUT2D eigenvalue weighted by molar-refractivity contribution is 0.0253. The minimum Gasteiger partial charge on any atom is -0.337 e. The second-order valence-corrected chi connectivity index (χ2v) is 11.1. The number of hydroxylamine groups is 1. The molecule has 0 spiro atoms. The van der Waals surface area contributed by atoms with Crippen molar-refractivity contribution in [2.24, 2.45) is 0 Å². The zero-order chi connectivity index (χ0) is 25.8. The van der Waals surface area contributed by atoms with Gasteiger partial charge in [-0.25, -0.2) is 0 Å². The summed E-state index contributed by atoms with van der Waals surface area (Å²) in [6.45, 7) is 8.53. The molecule has 2 fully saturated rings. The van der Waals surface area contributed by atoms with Gasteiger partial charge >= 0.3 is 0 Å². The molecule has 2 aliphatic heterocycles. The first-order valence-electron chi connectivity index (χ1n) is 13.2. The zero-order valence-electron chi connectivity index (χ0n) is 21.7. The van der Waals surface area contributed by atoms with Crippen molar-refractivity contribution >= 4 is 38.3 Å². The lowest BCUT2D eigenvalue weighted by Gasteiger charge is -2.48. The maximum absolute atomic E-state index is 13.2. The van der Waals surface area contributed by atoms with E-state index in [1.165, 1.54) is 5.57 Å². The number of carbonyl (C=O) groups excluding carboxylic acids is 1. The summed E-state index contributed by atoms with van der Waals surface area (Å²) in [6.07, 6.45) is 5.76. The molecule has 0 atom stereocenters. The van der Waals surface area contributed by atoms with E-state index in [4.69, 9.17) is 4.84 Å². The largest absolute Gasteiger partial charge is 0.337 e. The predicted octanol–water partition coefficient (Wildman–Crippen LogP) is 6.04. The highest BCUT2D eigenvalue weighted by atomic mass is 79.9. The van der Waals surface area contributed by atoms with E-state index >= 15 is 0 Å². The summed E-state index contributed by atoms with van der Waals surface area (Å²) in [6, 6.07) is 18.4. The first kappa shape index (κ1) is 25.9. The molecule has 2 saturated heterocycles. The molecule has 37 heavy (non-hydrogen) atoms. The fourth-order valence-electron chi connectivity index (χ4n) is 5.53. The average Bonchev–Trinajstić information content (AvgIpc) is 2.94. The molecule has 0 unspecified atom stereocenters. The Bertz CT molecular complexity index is 1270. The van der Waals surface area contributed by atoms with Gasteiger partial charge in [-0.2, -0.15) is 0 Å². The highest BCUT2D eigenvalue weighted by Gasteiger charge is 2.38. The molecule has 2 aromatic carbocycles. The molecule has 6 nitrogen and oxygen atoms in total. The van der Waals surface area contributed by atoms with Gasteiger partial charge in [0.15, 0.2) is 0 Å². The summed E-state index contributed by atoms with van der Waals surface area (Å²) >= 11 is 3.53. The first-order chi connectivity index (χ1) is 18.0. The number of nitrogens with one attached hydrogen (secondary N) is 1. The number of pyridine rings is 1. The van der Waals surface area contributed by atoms with Crippen LogP contribution in [0.4, 0.5) is 0 Å². The number of nitrogens with zero attached hydrogens (tertiary/aromatic N) is 3. The van der Waals surface area contributed by atoms with E-state index in [9.17, 15) is 4.79 Å². The lowest BCUT2D eigenvalue weighted by atomic mass is 9.85. The second kappa shape index (κ2) is 11.3. The molecule has 1 amide bonds. The number of hydrogen-bond donors (Lipinski definition) is 1. The van der Waals surface area contributed by atoms with Crippen molar-refractivity contribution in [3.05, 3.63) is 82.1 Å². The van der Waals surface area contributed by atoms with Crippen LogP contribution in [0.5, 0.6) is 0 Å². The number of rotatable bonds is 6. The minimum absolute atomic E-state index is 0.0396. The third-order valence-corrected chi connectivity index (χ3v) is 8.44. The number of amides is 1. The third kappa shape index (κ3) is 5.74. The summed E-state index contributed by atoms with van der Waals surface area (Å²) < 4.78 is 1.07. The van der Waals surface area contributed by atoms with Crippen molar-refractivity contribution in [1.82, 2.24) is 20.3 Å². The van der Waals surface area contributed by atoms with Crippen LogP contribution >= 0.6 is 15.9 Å². The van der Waals surface area contributed by atoms with Crippen LogP contribution in [-0.2, 0) is 4.84 Å². The summed E-state index contributed by atoms with van der Waals surface area (Å²) in [5, 5.41) is 2.12. The van der Waals surface area contributed by atoms with E-state index in [0.29, 0.717) is 12.3 Å². The average molecular weight is 564 g/mol. The summed E-state index contributed by atoms with van der Waals surface area (Å²) in [4.78, 5) is 27.9. The van der Waals surface area contributed by atoms with Gasteiger partial charge in [0.1, 0.15) is 5.69 Å². The maximum Gasteiger partial charge on any atom is 0.272 e. The van der Waals surface area contributed by atoms with Crippen LogP contribution in [0.25, 0.3) is 16.5 Å². The molecule has 194 valence electrons. The van der Waals surface area contributed by atoms with Crippen molar-refractivity contribution in [3.63, 3.8) is 0 Å². The Hall–Kier alpha value is -2.74. The standard InChI is InChI=1S/C30H35BrN4O2/c1-3-37-33-28(22-8-10-26(31)11-9-22)23-12-16-35(17-13-23)30(2)14-18-34(19-15-30)29(36)27-20-24-6-4-5-7-25(24)21-32-27/h4-11,20-21,33H,3,12-19H2,1-2H3. The Morgan fingerprint density at radius 1 is 1.03 bits per heavy atom. The van der Waals surface area contributed by atoms with Crippen LogP contribution in [0, 0.1) is 0 Å². The van der Waals surface area contributed by atoms with Crippen molar-refractivity contribution in [2.75, 3.05) is 32.8 Å². The Morgan fingerprint density at radius 3 is 2.38 bits per heavy atom. The smallest absolute Gasteiger partial charge is 0.272 e. The molecule has 3 heterocycles. The van der Waals surface area contributed by atoms with Gasteiger partial charge in [0.25, 0.3) is 5.91 Å². The Labute approximate surface area is 227 Å². The molecule has 1 aromatic heterocycles. The highest BCUT2D eigenvalue weighted by molar-refractivity contribution is 9.10. The number of carbonyl (C=O) groups is 1. The summed E-state index contributed by atoms with van der Waals surface area (Å²) in [7, 11) is 0. The molecule has 0 bridgehead atoms. The number of likely N-dealkylation sites (tertiary alicyclic amines) is 2. The predicted molar refractivity (Wildman–Crippen MR) is 152 cm³/mol. The molecule has 5 rings (SSSR count). The van der Waals surface area contributed by atoms with Crippen molar-refractivity contribution in [1.29, 1.82) is 0 Å². The molecule has 1 N–H and O–H groups in total. The molecule has 0 aliphatic carbocycles. The number of fused-ring (bicyclic) bond motifs is 1. The van der Waals surface area contributed by atoms with Crippen LogP contribution in [0.15, 0.2) is 70.8 Å². The van der Waals surface area contributed by atoms with E-state index in [1.54, 1.807) is 6.20 Å². The second-order valence-electron chi connectivity index (χ2n) is 10.2. The fourth-order valence-corrected chi connectivity index (χ4v) is 5.80. The minimum atomic E-state index is 0.0396. The van der Waals surface area contributed by atoms with Gasteiger partial charge in [0.2, 0.25) is 0 Å². The van der Waals surface area contributed by atoms with Crippen molar-refractivity contribution in [2.45, 2.75) is 45.1 Å². The van der Waals surface area contributed by atoms with Gasteiger partial charge in [0.05, 0.1) is 12.3 Å². The quantitative estimate of drug-likeness (QED) is 0.371. The van der Waals surface area contributed by atoms with Crippen LogP contribution < -0.4 is 5.48 Å². The Kier molecular flexibility index (Phi) is 7.93. The van der Waals surface area contributed by atoms with Gasteiger partial charge in [-0.3, -0.25) is 25.0 Å². The maximum atomic E-state index is 13.2.